The average Bonchev–Trinajstić information content (AvgIpc) is 3.08. The lowest BCUT2D eigenvalue weighted by Crippen LogP contribution is -2.13. The van der Waals surface area contributed by atoms with Gasteiger partial charge in [0.25, 0.3) is 5.91 Å². The van der Waals surface area contributed by atoms with Gasteiger partial charge in [-0.25, -0.2) is 13.8 Å². The average molecular weight is 349 g/mol. The van der Waals surface area contributed by atoms with Crippen molar-refractivity contribution in [3.05, 3.63) is 90.3 Å². The van der Waals surface area contributed by atoms with Crippen LogP contribution in [-0.4, -0.2) is 15.3 Å². The van der Waals surface area contributed by atoms with Crippen LogP contribution in [0, 0.1) is 11.6 Å². The smallest absolute Gasteiger partial charge is 0.255 e. The normalized spacial score (nSPS) is 10.8. The Labute approximate surface area is 147 Å². The number of benzene rings is 2. The predicted molar refractivity (Wildman–Crippen MR) is 94.9 cm³/mol. The third kappa shape index (κ3) is 3.04. The largest absolute Gasteiger partial charge is 0.319 e. The molecule has 0 aliphatic carbocycles. The van der Waals surface area contributed by atoms with E-state index in [0.717, 1.165) is 29.5 Å². The van der Waals surface area contributed by atoms with E-state index in [9.17, 15) is 13.6 Å². The second kappa shape index (κ2) is 6.40. The minimum atomic E-state index is -0.701. The Balaban J connectivity index is 1.64. The maximum Gasteiger partial charge on any atom is 0.255 e. The Morgan fingerprint density at radius 3 is 2.62 bits per heavy atom. The number of pyridine rings is 1. The first-order valence-electron chi connectivity index (χ1n) is 7.91. The first-order valence-corrected chi connectivity index (χ1v) is 7.91. The highest BCUT2D eigenvalue weighted by atomic mass is 19.1. The second-order valence-electron chi connectivity index (χ2n) is 5.75. The maximum absolute atomic E-state index is 13.7. The predicted octanol–water partition coefficient (Wildman–Crippen LogP) is 4.53. The molecule has 2 aromatic carbocycles. The van der Waals surface area contributed by atoms with Gasteiger partial charge in [0.1, 0.15) is 17.3 Å². The second-order valence-corrected chi connectivity index (χ2v) is 5.75. The summed E-state index contributed by atoms with van der Waals surface area (Å²) in [5.74, 6) is -1.87. The number of halogens is 2. The van der Waals surface area contributed by atoms with Crippen molar-refractivity contribution in [2.24, 2.45) is 0 Å². The lowest BCUT2D eigenvalue weighted by atomic mass is 10.2. The molecular formula is C20H13F2N3O. The zero-order valence-corrected chi connectivity index (χ0v) is 13.5. The number of anilines is 1. The molecule has 1 amide bonds. The molecule has 2 heterocycles. The first-order chi connectivity index (χ1) is 12.6. The van der Waals surface area contributed by atoms with Crippen LogP contribution >= 0.6 is 0 Å². The summed E-state index contributed by atoms with van der Waals surface area (Å²) < 4.78 is 28.7. The summed E-state index contributed by atoms with van der Waals surface area (Å²) in [4.78, 5) is 16.9. The highest BCUT2D eigenvalue weighted by Crippen LogP contribution is 2.20. The van der Waals surface area contributed by atoms with Crippen LogP contribution in [0.15, 0.2) is 73.1 Å². The molecule has 2 aromatic heterocycles. The van der Waals surface area contributed by atoms with Gasteiger partial charge in [-0.05, 0) is 24.3 Å². The molecular weight excluding hydrogens is 336 g/mol. The first kappa shape index (κ1) is 16.0. The third-order valence-electron chi connectivity index (χ3n) is 3.97. The van der Waals surface area contributed by atoms with Gasteiger partial charge < -0.3 is 9.72 Å². The molecule has 0 saturated carbocycles. The molecule has 6 heteroatoms. The van der Waals surface area contributed by atoms with Crippen molar-refractivity contribution in [1.82, 2.24) is 9.38 Å². The molecule has 4 aromatic rings. The van der Waals surface area contributed by atoms with E-state index in [4.69, 9.17) is 0 Å². The molecule has 26 heavy (non-hydrogen) atoms. The Morgan fingerprint density at radius 2 is 1.81 bits per heavy atom. The quantitative estimate of drug-likeness (QED) is 0.591. The van der Waals surface area contributed by atoms with E-state index in [1.165, 1.54) is 0 Å². The monoisotopic (exact) mass is 349 g/mol. The van der Waals surface area contributed by atoms with Crippen molar-refractivity contribution >= 4 is 17.2 Å². The fourth-order valence-corrected chi connectivity index (χ4v) is 2.66. The number of aromatic nitrogens is 2. The number of amides is 1. The molecule has 0 fully saturated rings. The number of hydrogen-bond donors (Lipinski definition) is 1. The molecule has 1 N–H and O–H groups in total. The lowest BCUT2D eigenvalue weighted by Gasteiger charge is -2.06. The van der Waals surface area contributed by atoms with Gasteiger partial charge >= 0.3 is 0 Å². The zero-order chi connectivity index (χ0) is 18.1. The number of nitrogens with zero attached hydrogens (tertiary/aromatic N) is 2. The van der Waals surface area contributed by atoms with Crippen LogP contribution in [0.4, 0.5) is 14.5 Å². The van der Waals surface area contributed by atoms with E-state index in [0.29, 0.717) is 11.2 Å². The van der Waals surface area contributed by atoms with Gasteiger partial charge in [-0.2, -0.15) is 0 Å². The van der Waals surface area contributed by atoms with E-state index in [1.54, 1.807) is 22.7 Å². The molecule has 0 saturated heterocycles. The topological polar surface area (TPSA) is 46.4 Å². The standard InChI is InChI=1S/C20H13F2N3O/c21-15-6-7-16(22)17(11-15)24-20(26)14-8-9-25-12-18(23-19(25)10-14)13-4-2-1-3-5-13/h1-12H,(H,24,26). The summed E-state index contributed by atoms with van der Waals surface area (Å²) in [5, 5.41) is 2.38. The van der Waals surface area contributed by atoms with E-state index >= 15 is 0 Å². The lowest BCUT2D eigenvalue weighted by molar-refractivity contribution is 0.102. The molecule has 0 atom stereocenters. The molecule has 0 bridgehead atoms. The van der Waals surface area contributed by atoms with Crippen LogP contribution < -0.4 is 5.32 Å². The Kier molecular flexibility index (Phi) is 3.93. The third-order valence-corrected chi connectivity index (χ3v) is 3.97. The highest BCUT2D eigenvalue weighted by molar-refractivity contribution is 6.04. The van der Waals surface area contributed by atoms with E-state index < -0.39 is 17.5 Å². The van der Waals surface area contributed by atoms with E-state index in [-0.39, 0.29) is 5.69 Å². The maximum atomic E-state index is 13.7. The van der Waals surface area contributed by atoms with Gasteiger partial charge in [0.05, 0.1) is 11.4 Å². The summed E-state index contributed by atoms with van der Waals surface area (Å²) in [7, 11) is 0. The van der Waals surface area contributed by atoms with Gasteiger partial charge in [-0.1, -0.05) is 30.3 Å². The number of imidazole rings is 1. The van der Waals surface area contributed by atoms with Gasteiger partial charge in [-0.3, -0.25) is 4.79 Å². The number of nitrogens with one attached hydrogen (secondary N) is 1. The Bertz CT molecular complexity index is 1110. The summed E-state index contributed by atoms with van der Waals surface area (Å²) in [6.45, 7) is 0. The number of rotatable bonds is 3. The summed E-state index contributed by atoms with van der Waals surface area (Å²) in [5.41, 5.74) is 2.41. The zero-order valence-electron chi connectivity index (χ0n) is 13.5. The van der Waals surface area contributed by atoms with Crippen LogP contribution in [0.25, 0.3) is 16.9 Å². The van der Waals surface area contributed by atoms with Crippen LogP contribution in [0.1, 0.15) is 10.4 Å². The van der Waals surface area contributed by atoms with Crippen molar-refractivity contribution in [2.45, 2.75) is 0 Å². The Hall–Kier alpha value is -3.54. The minimum absolute atomic E-state index is 0.205. The summed E-state index contributed by atoms with van der Waals surface area (Å²) >= 11 is 0. The highest BCUT2D eigenvalue weighted by Gasteiger charge is 2.12. The SMILES string of the molecule is O=C(Nc1cc(F)ccc1F)c1ccn2cc(-c3ccccc3)nc2c1. The molecule has 0 aliphatic rings. The minimum Gasteiger partial charge on any atom is -0.319 e. The summed E-state index contributed by atoms with van der Waals surface area (Å²) in [6, 6.07) is 15.8. The molecule has 0 unspecified atom stereocenters. The van der Waals surface area contributed by atoms with Crippen molar-refractivity contribution in [2.75, 3.05) is 5.32 Å². The molecule has 128 valence electrons. The van der Waals surface area contributed by atoms with Crippen LogP contribution in [0.3, 0.4) is 0 Å². The molecule has 0 radical (unpaired) electrons. The molecule has 4 nitrogen and oxygen atoms in total. The van der Waals surface area contributed by atoms with E-state index in [2.05, 4.69) is 10.3 Å². The van der Waals surface area contributed by atoms with Crippen molar-refractivity contribution < 1.29 is 13.6 Å². The van der Waals surface area contributed by atoms with Gasteiger partial charge in [0.15, 0.2) is 0 Å². The van der Waals surface area contributed by atoms with Crippen molar-refractivity contribution in [3.8, 4) is 11.3 Å². The Morgan fingerprint density at radius 1 is 1.00 bits per heavy atom. The van der Waals surface area contributed by atoms with Gasteiger partial charge in [-0.15, -0.1) is 0 Å². The fourth-order valence-electron chi connectivity index (χ4n) is 2.66. The van der Waals surface area contributed by atoms with Crippen LogP contribution in [0.5, 0.6) is 0 Å². The van der Waals surface area contributed by atoms with E-state index in [1.807, 2.05) is 36.5 Å². The fraction of sp³-hybridized carbons (Fsp3) is 0. The molecule has 0 spiro atoms. The number of carbonyl (C=O) groups excluding carboxylic acids is 1. The van der Waals surface area contributed by atoms with Gasteiger partial charge in [0.2, 0.25) is 0 Å². The van der Waals surface area contributed by atoms with Crippen LogP contribution in [0.2, 0.25) is 0 Å². The number of carbonyl (C=O) groups is 1. The van der Waals surface area contributed by atoms with Gasteiger partial charge in [0, 0.05) is 29.6 Å². The molecule has 4 rings (SSSR count). The van der Waals surface area contributed by atoms with Crippen LogP contribution in [-0.2, 0) is 0 Å². The van der Waals surface area contributed by atoms with Crippen molar-refractivity contribution in [3.63, 3.8) is 0 Å². The van der Waals surface area contributed by atoms with Crippen molar-refractivity contribution in [1.29, 1.82) is 0 Å². The summed E-state index contributed by atoms with van der Waals surface area (Å²) in [6.07, 6.45) is 3.56. The molecule has 0 aliphatic heterocycles. The number of fused-ring (bicyclic) bond motifs is 1. The number of hydrogen-bond acceptors (Lipinski definition) is 2.